The van der Waals surface area contributed by atoms with Crippen molar-refractivity contribution in [3.63, 3.8) is 0 Å². The van der Waals surface area contributed by atoms with Gasteiger partial charge >= 0.3 is 0 Å². The smallest absolute Gasteiger partial charge is 0.278 e. The zero-order chi connectivity index (χ0) is 15.6. The molecule has 0 atom stereocenters. The van der Waals surface area contributed by atoms with Crippen LogP contribution in [0.1, 0.15) is 26.5 Å². The number of aryl methyl sites for hydroxylation is 1. The second kappa shape index (κ2) is 5.66. The summed E-state index contributed by atoms with van der Waals surface area (Å²) in [4.78, 5) is 25.3. The van der Waals surface area contributed by atoms with E-state index in [0.717, 1.165) is 0 Å². The normalized spacial score (nSPS) is 10.2. The van der Waals surface area contributed by atoms with Crippen LogP contribution in [0.3, 0.4) is 0 Å². The number of nitrogens with two attached hydrogens (primary N) is 1. The third-order valence-electron chi connectivity index (χ3n) is 3.01. The summed E-state index contributed by atoms with van der Waals surface area (Å²) < 4.78 is 0. The van der Waals surface area contributed by atoms with Crippen LogP contribution in [0.15, 0.2) is 24.3 Å². The van der Waals surface area contributed by atoms with E-state index in [1.165, 1.54) is 4.90 Å². The molecule has 0 unspecified atom stereocenters. The third kappa shape index (κ3) is 3.02. The predicted molar refractivity (Wildman–Crippen MR) is 80.1 cm³/mol. The van der Waals surface area contributed by atoms with Crippen LogP contribution in [0.4, 0.5) is 11.4 Å². The van der Waals surface area contributed by atoms with Gasteiger partial charge in [-0.1, -0.05) is 0 Å². The maximum atomic E-state index is 12.0. The maximum absolute atomic E-state index is 12.0. The van der Waals surface area contributed by atoms with Crippen LogP contribution in [-0.4, -0.2) is 41.0 Å². The van der Waals surface area contributed by atoms with E-state index in [0.29, 0.717) is 22.6 Å². The molecular formula is C14H17N5O2. The average molecular weight is 287 g/mol. The minimum atomic E-state index is -0.400. The zero-order valence-corrected chi connectivity index (χ0v) is 12.1. The van der Waals surface area contributed by atoms with Crippen LogP contribution in [0.25, 0.3) is 0 Å². The lowest BCUT2D eigenvalue weighted by molar-refractivity contribution is 0.0827. The van der Waals surface area contributed by atoms with Crippen LogP contribution < -0.4 is 11.1 Å². The van der Waals surface area contributed by atoms with Crippen molar-refractivity contribution in [1.29, 1.82) is 0 Å². The van der Waals surface area contributed by atoms with Crippen molar-refractivity contribution in [3.8, 4) is 0 Å². The molecule has 0 aliphatic rings. The number of nitrogen functional groups attached to an aromatic ring is 1. The minimum Gasteiger partial charge on any atom is -0.395 e. The van der Waals surface area contributed by atoms with Gasteiger partial charge in [0, 0.05) is 25.3 Å². The largest absolute Gasteiger partial charge is 0.395 e. The van der Waals surface area contributed by atoms with Crippen molar-refractivity contribution >= 4 is 23.2 Å². The Kier molecular flexibility index (Phi) is 3.93. The molecule has 21 heavy (non-hydrogen) atoms. The molecule has 0 saturated carbocycles. The monoisotopic (exact) mass is 287 g/mol. The van der Waals surface area contributed by atoms with E-state index < -0.39 is 5.91 Å². The summed E-state index contributed by atoms with van der Waals surface area (Å²) in [5, 5.41) is 9.19. The Morgan fingerprint density at radius 2 is 1.86 bits per heavy atom. The van der Waals surface area contributed by atoms with Gasteiger partial charge in [-0.05, 0) is 31.2 Å². The summed E-state index contributed by atoms with van der Waals surface area (Å²) in [6.07, 6.45) is 0. The van der Waals surface area contributed by atoms with Crippen molar-refractivity contribution in [2.75, 3.05) is 25.1 Å². The molecule has 4 N–H and O–H groups in total. The molecule has 1 aromatic carbocycles. The number of benzene rings is 1. The molecule has 0 aliphatic heterocycles. The summed E-state index contributed by atoms with van der Waals surface area (Å²) in [6, 6.07) is 6.61. The van der Waals surface area contributed by atoms with Crippen molar-refractivity contribution in [2.45, 2.75) is 6.92 Å². The van der Waals surface area contributed by atoms with Crippen molar-refractivity contribution in [2.24, 2.45) is 0 Å². The molecule has 0 aliphatic carbocycles. The number of hydrogen-bond acceptors (Lipinski definition) is 4. The van der Waals surface area contributed by atoms with Gasteiger partial charge in [-0.25, -0.2) is 0 Å². The van der Waals surface area contributed by atoms with Crippen molar-refractivity contribution in [3.05, 3.63) is 41.2 Å². The number of nitrogens with zero attached hydrogens (tertiary/aromatic N) is 2. The third-order valence-corrected chi connectivity index (χ3v) is 3.01. The molecule has 7 heteroatoms. The summed E-state index contributed by atoms with van der Waals surface area (Å²) in [7, 11) is 3.36. The van der Waals surface area contributed by atoms with E-state index in [-0.39, 0.29) is 11.6 Å². The number of aromatic nitrogens is 2. The first-order valence-corrected chi connectivity index (χ1v) is 6.33. The van der Waals surface area contributed by atoms with E-state index in [1.54, 1.807) is 45.3 Å². The lowest BCUT2D eigenvalue weighted by atomic mass is 10.2. The molecule has 1 heterocycles. The Morgan fingerprint density at radius 1 is 1.24 bits per heavy atom. The van der Waals surface area contributed by atoms with Crippen LogP contribution in [0.2, 0.25) is 0 Å². The fourth-order valence-corrected chi connectivity index (χ4v) is 1.76. The second-order valence-electron chi connectivity index (χ2n) is 4.84. The van der Waals surface area contributed by atoms with Gasteiger partial charge in [0.05, 0.1) is 11.4 Å². The molecule has 0 fully saturated rings. The van der Waals surface area contributed by atoms with Crippen molar-refractivity contribution < 1.29 is 9.59 Å². The lowest BCUT2D eigenvalue weighted by Gasteiger charge is -2.10. The highest BCUT2D eigenvalue weighted by Gasteiger charge is 2.15. The first kappa shape index (κ1) is 14.6. The Morgan fingerprint density at radius 3 is 2.33 bits per heavy atom. The molecule has 0 spiro atoms. The number of carbonyl (C=O) groups excluding carboxylic acids is 2. The molecule has 7 nitrogen and oxygen atoms in total. The van der Waals surface area contributed by atoms with Gasteiger partial charge in [0.1, 0.15) is 0 Å². The van der Waals surface area contributed by atoms with Gasteiger partial charge in [-0.2, -0.15) is 5.10 Å². The van der Waals surface area contributed by atoms with Crippen LogP contribution in [0, 0.1) is 6.92 Å². The first-order valence-electron chi connectivity index (χ1n) is 6.33. The zero-order valence-electron chi connectivity index (χ0n) is 12.1. The summed E-state index contributed by atoms with van der Waals surface area (Å²) >= 11 is 0. The van der Waals surface area contributed by atoms with Gasteiger partial charge in [0.15, 0.2) is 5.69 Å². The highest BCUT2D eigenvalue weighted by atomic mass is 16.2. The quantitative estimate of drug-likeness (QED) is 0.790. The number of amides is 2. The number of nitrogens with one attached hydrogen (secondary N) is 2. The van der Waals surface area contributed by atoms with E-state index in [2.05, 4.69) is 15.5 Å². The molecule has 2 aromatic rings. The van der Waals surface area contributed by atoms with Crippen LogP contribution >= 0.6 is 0 Å². The van der Waals surface area contributed by atoms with Crippen LogP contribution in [-0.2, 0) is 0 Å². The van der Waals surface area contributed by atoms with E-state index >= 15 is 0 Å². The van der Waals surface area contributed by atoms with E-state index in [4.69, 9.17) is 5.73 Å². The van der Waals surface area contributed by atoms with Gasteiger partial charge in [-0.3, -0.25) is 14.7 Å². The standard InChI is InChI=1S/C14H17N5O2/c1-8-11(15)12(18-17-8)13(20)16-10-6-4-9(5-7-10)14(21)19(2)3/h4-7H,15H2,1-3H3,(H,16,20)(H,17,18). The van der Waals surface area contributed by atoms with Gasteiger partial charge in [0.25, 0.3) is 11.8 Å². The summed E-state index contributed by atoms with van der Waals surface area (Å²) in [5.74, 6) is -0.497. The number of anilines is 2. The highest BCUT2D eigenvalue weighted by Crippen LogP contribution is 2.16. The highest BCUT2D eigenvalue weighted by molar-refractivity contribution is 6.06. The number of carbonyl (C=O) groups is 2. The number of H-pyrrole nitrogens is 1. The van der Waals surface area contributed by atoms with Gasteiger partial charge < -0.3 is 16.0 Å². The van der Waals surface area contributed by atoms with Gasteiger partial charge in [-0.15, -0.1) is 0 Å². The molecule has 110 valence electrons. The topological polar surface area (TPSA) is 104 Å². The SMILES string of the molecule is Cc1[nH]nc(C(=O)Nc2ccc(C(=O)N(C)C)cc2)c1N. The molecule has 0 saturated heterocycles. The summed E-state index contributed by atoms with van der Waals surface area (Å²) in [6.45, 7) is 1.74. The Labute approximate surface area is 122 Å². The fraction of sp³-hybridized carbons (Fsp3) is 0.214. The minimum absolute atomic E-state index is 0.0972. The number of hydrogen-bond donors (Lipinski definition) is 3. The molecule has 2 amide bonds. The predicted octanol–water partition coefficient (Wildman–Crippen LogP) is 1.25. The molecule has 0 bridgehead atoms. The Bertz CT molecular complexity index is 673. The molecule has 1 aromatic heterocycles. The number of aromatic amines is 1. The maximum Gasteiger partial charge on any atom is 0.278 e. The molecule has 2 rings (SSSR count). The van der Waals surface area contributed by atoms with E-state index in [1.807, 2.05) is 0 Å². The first-order chi connectivity index (χ1) is 9.90. The van der Waals surface area contributed by atoms with Crippen molar-refractivity contribution in [1.82, 2.24) is 15.1 Å². The Hall–Kier alpha value is -2.83. The number of rotatable bonds is 3. The lowest BCUT2D eigenvalue weighted by Crippen LogP contribution is -2.21. The van der Waals surface area contributed by atoms with Gasteiger partial charge in [0.2, 0.25) is 0 Å². The van der Waals surface area contributed by atoms with Crippen LogP contribution in [0.5, 0.6) is 0 Å². The molecule has 0 radical (unpaired) electrons. The summed E-state index contributed by atoms with van der Waals surface area (Å²) in [5.41, 5.74) is 7.99. The van der Waals surface area contributed by atoms with E-state index in [9.17, 15) is 9.59 Å². The average Bonchev–Trinajstić information content (AvgIpc) is 2.79. The molecular weight excluding hydrogens is 270 g/mol. The Balaban J connectivity index is 2.12. The second-order valence-corrected chi connectivity index (χ2v) is 4.84. The fourth-order valence-electron chi connectivity index (χ4n) is 1.76.